The SMILES string of the molecule is CCCc1c(-c2nc(-c3ccc(CN4CC(C(=O)O)C4)cc3)no2)cnn1-c1ccccn1. The van der Waals surface area contributed by atoms with Gasteiger partial charge < -0.3 is 9.63 Å². The maximum absolute atomic E-state index is 11.0. The summed E-state index contributed by atoms with van der Waals surface area (Å²) in [6, 6.07) is 13.7. The van der Waals surface area contributed by atoms with Gasteiger partial charge in [0.05, 0.1) is 23.4 Å². The van der Waals surface area contributed by atoms with Crippen LogP contribution in [0, 0.1) is 5.92 Å². The molecule has 1 aromatic carbocycles. The molecule has 0 saturated carbocycles. The lowest BCUT2D eigenvalue weighted by Crippen LogP contribution is -2.49. The van der Waals surface area contributed by atoms with Gasteiger partial charge in [-0.25, -0.2) is 9.67 Å². The highest BCUT2D eigenvalue weighted by atomic mass is 16.5. The fourth-order valence-corrected chi connectivity index (χ4v) is 4.03. The van der Waals surface area contributed by atoms with Crippen LogP contribution >= 0.6 is 0 Å². The Morgan fingerprint density at radius 1 is 1.18 bits per heavy atom. The second-order valence-corrected chi connectivity index (χ2v) is 8.20. The number of carbonyl (C=O) groups is 1. The summed E-state index contributed by atoms with van der Waals surface area (Å²) in [5.74, 6) is 0.725. The minimum absolute atomic E-state index is 0.248. The van der Waals surface area contributed by atoms with Crippen molar-refractivity contribution in [2.45, 2.75) is 26.3 Å². The number of carboxylic acids is 1. The Labute approximate surface area is 190 Å². The van der Waals surface area contributed by atoms with E-state index in [9.17, 15) is 4.79 Å². The number of benzene rings is 1. The maximum atomic E-state index is 11.0. The van der Waals surface area contributed by atoms with Crippen LogP contribution in [0.4, 0.5) is 0 Å². The lowest BCUT2D eigenvalue weighted by Gasteiger charge is -2.36. The lowest BCUT2D eigenvalue weighted by molar-refractivity contribution is -0.147. The molecular weight excluding hydrogens is 420 g/mol. The van der Waals surface area contributed by atoms with E-state index in [1.54, 1.807) is 12.4 Å². The predicted molar refractivity (Wildman–Crippen MR) is 120 cm³/mol. The van der Waals surface area contributed by atoms with E-state index in [1.165, 1.54) is 0 Å². The molecule has 1 fully saturated rings. The van der Waals surface area contributed by atoms with Gasteiger partial charge in [0.1, 0.15) is 0 Å². The molecule has 4 aromatic rings. The van der Waals surface area contributed by atoms with Gasteiger partial charge in [-0.05, 0) is 24.1 Å². The lowest BCUT2D eigenvalue weighted by atomic mass is 9.99. The average Bonchev–Trinajstić information content (AvgIpc) is 3.44. The molecule has 5 rings (SSSR count). The van der Waals surface area contributed by atoms with Crippen LogP contribution in [0.2, 0.25) is 0 Å². The highest BCUT2D eigenvalue weighted by Crippen LogP contribution is 2.28. The number of aliphatic carboxylic acids is 1. The summed E-state index contributed by atoms with van der Waals surface area (Å²) in [7, 11) is 0. The van der Waals surface area contributed by atoms with Crippen molar-refractivity contribution >= 4 is 5.97 Å². The minimum atomic E-state index is -0.720. The summed E-state index contributed by atoms with van der Waals surface area (Å²) in [5, 5.41) is 17.7. The van der Waals surface area contributed by atoms with Crippen LogP contribution in [-0.2, 0) is 17.8 Å². The molecule has 0 aliphatic carbocycles. The number of hydrogen-bond acceptors (Lipinski definition) is 7. The first-order valence-electron chi connectivity index (χ1n) is 11.0. The number of likely N-dealkylation sites (tertiary alicyclic amines) is 1. The summed E-state index contributed by atoms with van der Waals surface area (Å²) < 4.78 is 7.42. The number of pyridine rings is 1. The fraction of sp³-hybridized carbons (Fsp3) is 0.292. The van der Waals surface area contributed by atoms with E-state index >= 15 is 0 Å². The van der Waals surface area contributed by atoms with Crippen LogP contribution < -0.4 is 0 Å². The Hall–Kier alpha value is -3.85. The third-order valence-electron chi connectivity index (χ3n) is 5.80. The number of rotatable bonds is 8. The average molecular weight is 444 g/mol. The van der Waals surface area contributed by atoms with E-state index in [0.29, 0.717) is 24.8 Å². The molecule has 1 aliphatic rings. The molecule has 0 bridgehead atoms. The largest absolute Gasteiger partial charge is 0.481 e. The Kier molecular flexibility index (Phi) is 5.70. The molecule has 1 N–H and O–H groups in total. The van der Waals surface area contributed by atoms with Gasteiger partial charge in [0.15, 0.2) is 5.82 Å². The van der Waals surface area contributed by atoms with Gasteiger partial charge in [-0.3, -0.25) is 9.69 Å². The van der Waals surface area contributed by atoms with Gasteiger partial charge >= 0.3 is 5.97 Å². The fourth-order valence-electron chi connectivity index (χ4n) is 4.03. The minimum Gasteiger partial charge on any atom is -0.481 e. The second kappa shape index (κ2) is 8.95. The zero-order valence-corrected chi connectivity index (χ0v) is 18.3. The normalized spacial score (nSPS) is 14.3. The molecule has 1 aliphatic heterocycles. The van der Waals surface area contributed by atoms with Crippen molar-refractivity contribution in [3.8, 4) is 28.7 Å². The van der Waals surface area contributed by atoms with Gasteiger partial charge in [-0.15, -0.1) is 0 Å². The quantitative estimate of drug-likeness (QED) is 0.440. The van der Waals surface area contributed by atoms with Crippen molar-refractivity contribution in [2.24, 2.45) is 5.92 Å². The molecule has 33 heavy (non-hydrogen) atoms. The van der Waals surface area contributed by atoms with Crippen molar-refractivity contribution in [1.82, 2.24) is 29.8 Å². The molecule has 9 nitrogen and oxygen atoms in total. The molecule has 3 aromatic heterocycles. The smallest absolute Gasteiger partial charge is 0.309 e. The van der Waals surface area contributed by atoms with Crippen LogP contribution in [0.1, 0.15) is 24.6 Å². The third-order valence-corrected chi connectivity index (χ3v) is 5.80. The Bertz CT molecular complexity index is 1240. The maximum Gasteiger partial charge on any atom is 0.309 e. The molecule has 0 radical (unpaired) electrons. The molecule has 0 spiro atoms. The number of nitrogens with zero attached hydrogens (tertiary/aromatic N) is 6. The number of aromatic nitrogens is 5. The third kappa shape index (κ3) is 4.27. The standard InChI is InChI=1S/C24H24N6O3/c1-2-5-20-19(12-26-30(20)21-6-3-4-11-25-21)23-27-22(28-33-23)17-9-7-16(8-10-17)13-29-14-18(15-29)24(31)32/h3-4,6-12,18H,2,5,13-15H2,1H3,(H,31,32). The monoisotopic (exact) mass is 444 g/mol. The molecule has 1 saturated heterocycles. The van der Waals surface area contributed by atoms with Crippen molar-refractivity contribution in [1.29, 1.82) is 0 Å². The van der Waals surface area contributed by atoms with Crippen molar-refractivity contribution < 1.29 is 14.4 Å². The van der Waals surface area contributed by atoms with Crippen LogP contribution in [0.15, 0.2) is 59.4 Å². The van der Waals surface area contributed by atoms with Gasteiger partial charge in [0.2, 0.25) is 5.82 Å². The molecule has 9 heteroatoms. The topological polar surface area (TPSA) is 110 Å². The molecule has 168 valence electrons. The molecule has 0 amide bonds. The van der Waals surface area contributed by atoms with Crippen LogP contribution in [0.5, 0.6) is 0 Å². The number of carboxylic acid groups (broad SMARTS) is 1. The van der Waals surface area contributed by atoms with Gasteiger partial charge in [0.25, 0.3) is 5.89 Å². The van der Waals surface area contributed by atoms with Crippen LogP contribution in [0.25, 0.3) is 28.7 Å². The van der Waals surface area contributed by atoms with Gasteiger partial charge in [-0.1, -0.05) is 48.8 Å². The van der Waals surface area contributed by atoms with Crippen molar-refractivity contribution in [2.75, 3.05) is 13.1 Å². The van der Waals surface area contributed by atoms with E-state index in [4.69, 9.17) is 9.63 Å². The van der Waals surface area contributed by atoms with Crippen LogP contribution in [-0.4, -0.2) is 54.0 Å². The van der Waals surface area contributed by atoms with Crippen molar-refractivity contribution in [3.63, 3.8) is 0 Å². The van der Waals surface area contributed by atoms with Gasteiger partial charge in [0, 0.05) is 31.4 Å². The molecular formula is C24H24N6O3. The predicted octanol–water partition coefficient (Wildman–Crippen LogP) is 3.45. The zero-order valence-electron chi connectivity index (χ0n) is 18.3. The molecule has 4 heterocycles. The summed E-state index contributed by atoms with van der Waals surface area (Å²) in [6.45, 7) is 4.03. The summed E-state index contributed by atoms with van der Waals surface area (Å²) in [6.07, 6.45) is 5.24. The van der Waals surface area contributed by atoms with E-state index in [1.807, 2.05) is 47.1 Å². The number of hydrogen-bond donors (Lipinski definition) is 1. The summed E-state index contributed by atoms with van der Waals surface area (Å²) in [4.78, 5) is 22.1. The van der Waals surface area contributed by atoms with Crippen molar-refractivity contribution in [3.05, 3.63) is 66.1 Å². The van der Waals surface area contributed by atoms with E-state index in [2.05, 4.69) is 32.0 Å². The van der Waals surface area contributed by atoms with E-state index in [0.717, 1.165) is 47.6 Å². The first kappa shape index (κ1) is 21.0. The summed E-state index contributed by atoms with van der Waals surface area (Å²) >= 11 is 0. The highest BCUT2D eigenvalue weighted by Gasteiger charge is 2.32. The van der Waals surface area contributed by atoms with E-state index < -0.39 is 5.97 Å². The van der Waals surface area contributed by atoms with Gasteiger partial charge in [-0.2, -0.15) is 10.1 Å². The Morgan fingerprint density at radius 3 is 2.70 bits per heavy atom. The molecule has 0 unspecified atom stereocenters. The summed E-state index contributed by atoms with van der Waals surface area (Å²) in [5.41, 5.74) is 3.77. The Balaban J connectivity index is 1.33. The zero-order chi connectivity index (χ0) is 22.8. The van der Waals surface area contributed by atoms with E-state index in [-0.39, 0.29) is 5.92 Å². The first-order valence-corrected chi connectivity index (χ1v) is 11.0. The Morgan fingerprint density at radius 2 is 2.00 bits per heavy atom. The first-order chi connectivity index (χ1) is 16.1. The van der Waals surface area contributed by atoms with Crippen LogP contribution in [0.3, 0.4) is 0 Å². The highest BCUT2D eigenvalue weighted by molar-refractivity contribution is 5.71. The molecule has 0 atom stereocenters. The second-order valence-electron chi connectivity index (χ2n) is 8.20.